The van der Waals surface area contributed by atoms with Gasteiger partial charge in [-0.2, -0.15) is 8.78 Å². The number of thiazole rings is 1. The number of hydrogen-bond donors (Lipinski definition) is 2. The summed E-state index contributed by atoms with van der Waals surface area (Å²) in [6.07, 6.45) is 0. The molecule has 1 amide bonds. The quantitative estimate of drug-likeness (QED) is 0.825. The third kappa shape index (κ3) is 5.42. The molecule has 1 heterocycles. The number of nitrogens with zero attached hydrogens (tertiary/aromatic N) is 1. The Balaban J connectivity index is 0.00000264. The number of amides is 1. The number of benzene rings is 1. The van der Waals surface area contributed by atoms with Gasteiger partial charge in [0, 0.05) is 23.4 Å². The van der Waals surface area contributed by atoms with Gasteiger partial charge in [-0.25, -0.2) is 4.98 Å². The van der Waals surface area contributed by atoms with Crippen LogP contribution < -0.4 is 15.8 Å². The average molecular weight is 364 g/mol. The van der Waals surface area contributed by atoms with Gasteiger partial charge in [-0.15, -0.1) is 23.7 Å². The van der Waals surface area contributed by atoms with Crippen molar-refractivity contribution < 1.29 is 18.3 Å². The third-order valence-corrected chi connectivity index (χ3v) is 3.67. The predicted molar refractivity (Wildman–Crippen MR) is 88.3 cm³/mol. The molecule has 0 spiro atoms. The predicted octanol–water partition coefficient (Wildman–Crippen LogP) is 3.37. The van der Waals surface area contributed by atoms with Crippen LogP contribution in [0.2, 0.25) is 0 Å². The van der Waals surface area contributed by atoms with Crippen LogP contribution in [0.3, 0.4) is 0 Å². The third-order valence-electron chi connectivity index (χ3n) is 2.91. The molecule has 0 saturated heterocycles. The van der Waals surface area contributed by atoms with Crippen LogP contribution in [-0.4, -0.2) is 24.0 Å². The number of alkyl halides is 2. The zero-order valence-electron chi connectivity index (χ0n) is 12.2. The smallest absolute Gasteiger partial charge is 0.387 e. The van der Waals surface area contributed by atoms with Crippen LogP contribution in [0.1, 0.15) is 6.92 Å². The molecule has 126 valence electrons. The Bertz CT molecular complexity index is 637. The molecule has 1 atom stereocenters. The van der Waals surface area contributed by atoms with Crippen LogP contribution in [-0.2, 0) is 4.79 Å². The normalized spacial score (nSPS) is 11.7. The summed E-state index contributed by atoms with van der Waals surface area (Å²) >= 11 is 1.28. The van der Waals surface area contributed by atoms with E-state index in [2.05, 4.69) is 15.0 Å². The first kappa shape index (κ1) is 19.3. The number of ether oxygens (including phenoxy) is 1. The summed E-state index contributed by atoms with van der Waals surface area (Å²) < 4.78 is 28.4. The number of aromatic nitrogens is 1. The maximum atomic E-state index is 12.1. The summed E-state index contributed by atoms with van der Waals surface area (Å²) in [7, 11) is 0. The number of halogens is 3. The Hall–Kier alpha value is -1.77. The zero-order chi connectivity index (χ0) is 16.1. The minimum Gasteiger partial charge on any atom is -0.435 e. The van der Waals surface area contributed by atoms with E-state index in [0.29, 0.717) is 10.8 Å². The molecule has 0 aliphatic carbocycles. The first-order valence-corrected chi connectivity index (χ1v) is 7.39. The molecule has 2 rings (SSSR count). The lowest BCUT2D eigenvalue weighted by molar-refractivity contribution is -0.119. The van der Waals surface area contributed by atoms with Gasteiger partial charge in [-0.1, -0.05) is 6.92 Å². The van der Waals surface area contributed by atoms with Crippen molar-refractivity contribution in [2.45, 2.75) is 13.5 Å². The topological polar surface area (TPSA) is 77.2 Å². The number of carbonyl (C=O) groups excluding carboxylic acids is 1. The number of anilines is 1. The second-order valence-electron chi connectivity index (χ2n) is 4.57. The molecule has 0 aliphatic rings. The highest BCUT2D eigenvalue weighted by molar-refractivity contribution is 7.14. The minimum absolute atomic E-state index is 0. The summed E-state index contributed by atoms with van der Waals surface area (Å²) in [5.74, 6) is -0.401. The Labute approximate surface area is 142 Å². The zero-order valence-corrected chi connectivity index (χ0v) is 13.8. The number of rotatable bonds is 6. The van der Waals surface area contributed by atoms with Crippen molar-refractivity contribution in [3.05, 3.63) is 29.6 Å². The molecular weight excluding hydrogens is 348 g/mol. The van der Waals surface area contributed by atoms with E-state index in [1.807, 2.05) is 0 Å². The van der Waals surface area contributed by atoms with E-state index in [1.165, 1.54) is 23.5 Å². The molecule has 1 unspecified atom stereocenters. The van der Waals surface area contributed by atoms with Gasteiger partial charge < -0.3 is 15.8 Å². The first-order chi connectivity index (χ1) is 10.5. The van der Waals surface area contributed by atoms with Crippen molar-refractivity contribution in [1.29, 1.82) is 0 Å². The van der Waals surface area contributed by atoms with Crippen LogP contribution in [0.15, 0.2) is 29.6 Å². The molecule has 0 bridgehead atoms. The Morgan fingerprint density at radius 3 is 2.61 bits per heavy atom. The molecule has 0 fully saturated rings. The van der Waals surface area contributed by atoms with Gasteiger partial charge >= 0.3 is 6.61 Å². The molecule has 1 aromatic carbocycles. The fraction of sp³-hybridized carbons (Fsp3) is 0.286. The molecular formula is C14H16ClF2N3O2S. The summed E-state index contributed by atoms with van der Waals surface area (Å²) in [6, 6.07) is 6.13. The van der Waals surface area contributed by atoms with Gasteiger partial charge in [-0.3, -0.25) is 4.79 Å². The Morgan fingerprint density at radius 1 is 1.39 bits per heavy atom. The van der Waals surface area contributed by atoms with Crippen LogP contribution in [0, 0.1) is 5.92 Å². The highest BCUT2D eigenvalue weighted by atomic mass is 35.5. The van der Waals surface area contributed by atoms with Gasteiger partial charge in [0.05, 0.1) is 5.69 Å². The molecule has 3 N–H and O–H groups in total. The maximum absolute atomic E-state index is 12.1. The number of nitrogens with one attached hydrogen (secondary N) is 1. The van der Waals surface area contributed by atoms with Gasteiger partial charge in [0.25, 0.3) is 0 Å². The second kappa shape index (κ2) is 8.76. The summed E-state index contributed by atoms with van der Waals surface area (Å²) in [5, 5.41) is 4.92. The molecule has 1 aromatic heterocycles. The summed E-state index contributed by atoms with van der Waals surface area (Å²) in [6.45, 7) is -0.863. The van der Waals surface area contributed by atoms with E-state index in [0.717, 1.165) is 5.56 Å². The number of carbonyl (C=O) groups is 1. The maximum Gasteiger partial charge on any atom is 0.387 e. The van der Waals surface area contributed by atoms with E-state index in [9.17, 15) is 13.6 Å². The van der Waals surface area contributed by atoms with E-state index in [-0.39, 0.29) is 36.5 Å². The van der Waals surface area contributed by atoms with Crippen molar-refractivity contribution in [2.75, 3.05) is 11.9 Å². The molecule has 2 aromatic rings. The van der Waals surface area contributed by atoms with Crippen molar-refractivity contribution in [3.8, 4) is 17.0 Å². The second-order valence-corrected chi connectivity index (χ2v) is 5.42. The van der Waals surface area contributed by atoms with Crippen LogP contribution in [0.5, 0.6) is 5.75 Å². The van der Waals surface area contributed by atoms with Gasteiger partial charge in [0.2, 0.25) is 5.91 Å². The van der Waals surface area contributed by atoms with E-state index in [1.54, 1.807) is 24.4 Å². The summed E-state index contributed by atoms with van der Waals surface area (Å²) in [4.78, 5) is 16.0. The van der Waals surface area contributed by atoms with Crippen LogP contribution in [0.4, 0.5) is 13.9 Å². The molecule has 0 radical (unpaired) electrons. The molecule has 23 heavy (non-hydrogen) atoms. The first-order valence-electron chi connectivity index (χ1n) is 6.51. The van der Waals surface area contributed by atoms with Crippen molar-refractivity contribution in [1.82, 2.24) is 4.98 Å². The van der Waals surface area contributed by atoms with Crippen molar-refractivity contribution in [3.63, 3.8) is 0 Å². The lowest BCUT2D eigenvalue weighted by Gasteiger charge is -2.06. The molecule has 5 nitrogen and oxygen atoms in total. The highest BCUT2D eigenvalue weighted by Crippen LogP contribution is 2.27. The monoisotopic (exact) mass is 363 g/mol. The Morgan fingerprint density at radius 2 is 2.04 bits per heavy atom. The lowest BCUT2D eigenvalue weighted by Crippen LogP contribution is -2.26. The van der Waals surface area contributed by atoms with Crippen LogP contribution in [0.25, 0.3) is 11.3 Å². The van der Waals surface area contributed by atoms with E-state index < -0.39 is 6.61 Å². The van der Waals surface area contributed by atoms with Gasteiger partial charge in [0.15, 0.2) is 5.13 Å². The standard InChI is InChI=1S/C14H15F2N3O2S.ClH/c1-8(6-17)12(20)19-14-18-11(7-22-14)9-2-4-10(5-3-9)21-13(15)16;/h2-5,7-8,13H,6,17H2,1H3,(H,18,19,20);1H. The lowest BCUT2D eigenvalue weighted by atomic mass is 10.2. The molecule has 0 saturated carbocycles. The van der Waals surface area contributed by atoms with E-state index in [4.69, 9.17) is 5.73 Å². The Kier molecular flexibility index (Phi) is 7.34. The summed E-state index contributed by atoms with van der Waals surface area (Å²) in [5.41, 5.74) is 6.81. The fourth-order valence-corrected chi connectivity index (χ4v) is 2.33. The number of hydrogen-bond acceptors (Lipinski definition) is 5. The molecule has 0 aliphatic heterocycles. The van der Waals surface area contributed by atoms with E-state index >= 15 is 0 Å². The fourth-order valence-electron chi connectivity index (χ4n) is 1.61. The largest absolute Gasteiger partial charge is 0.435 e. The van der Waals surface area contributed by atoms with Gasteiger partial charge in [-0.05, 0) is 24.3 Å². The highest BCUT2D eigenvalue weighted by Gasteiger charge is 2.13. The molecule has 9 heteroatoms. The van der Waals surface area contributed by atoms with Crippen molar-refractivity contribution >= 4 is 34.8 Å². The van der Waals surface area contributed by atoms with Gasteiger partial charge in [0.1, 0.15) is 5.75 Å². The number of nitrogens with two attached hydrogens (primary N) is 1. The SMILES string of the molecule is CC(CN)C(=O)Nc1nc(-c2ccc(OC(F)F)cc2)cs1.Cl. The minimum atomic E-state index is -2.85. The van der Waals surface area contributed by atoms with Crippen LogP contribution >= 0.6 is 23.7 Å². The van der Waals surface area contributed by atoms with Crippen molar-refractivity contribution in [2.24, 2.45) is 11.7 Å². The average Bonchev–Trinajstić information content (AvgIpc) is 2.95.